The first-order valence-corrected chi connectivity index (χ1v) is 9.66. The fraction of sp³-hybridized carbons (Fsp3) is 0.350. The Morgan fingerprint density at radius 2 is 2.03 bits per heavy atom. The number of rotatable bonds is 9. The van der Waals surface area contributed by atoms with Gasteiger partial charge in [-0.25, -0.2) is 4.79 Å². The Balaban J connectivity index is 2.45. The zero-order valence-corrected chi connectivity index (χ0v) is 17.0. The Bertz CT molecular complexity index is 1070. The zero-order chi connectivity index (χ0) is 22.3. The van der Waals surface area contributed by atoms with Gasteiger partial charge in [0.15, 0.2) is 5.69 Å². The van der Waals surface area contributed by atoms with Gasteiger partial charge in [-0.2, -0.15) is 0 Å². The molecule has 0 saturated carbocycles. The van der Waals surface area contributed by atoms with Gasteiger partial charge in [-0.05, 0) is 24.5 Å². The van der Waals surface area contributed by atoms with Crippen molar-refractivity contribution in [2.75, 3.05) is 17.2 Å². The highest BCUT2D eigenvalue weighted by Gasteiger charge is 2.22. The van der Waals surface area contributed by atoms with E-state index >= 15 is 0 Å². The second-order valence-corrected chi connectivity index (χ2v) is 6.67. The van der Waals surface area contributed by atoms with Crippen LogP contribution in [0.3, 0.4) is 0 Å². The number of hydrogen-bond acceptors (Lipinski definition) is 6. The summed E-state index contributed by atoms with van der Waals surface area (Å²) in [6.07, 6.45) is 4.65. The van der Waals surface area contributed by atoms with Gasteiger partial charge in [-0.1, -0.05) is 32.4 Å². The average molecular weight is 415 g/mol. The van der Waals surface area contributed by atoms with Crippen LogP contribution in [0.1, 0.15) is 38.7 Å². The number of benzene rings is 1. The number of hydrogen-bond donors (Lipinski definition) is 2. The Morgan fingerprint density at radius 1 is 1.30 bits per heavy atom. The van der Waals surface area contributed by atoms with Crippen molar-refractivity contribution in [2.24, 2.45) is 0 Å². The van der Waals surface area contributed by atoms with E-state index in [4.69, 9.17) is 5.73 Å². The van der Waals surface area contributed by atoms with Crippen molar-refractivity contribution in [3.63, 3.8) is 0 Å². The molecule has 1 aromatic carbocycles. The molecule has 0 atom stereocenters. The van der Waals surface area contributed by atoms with Crippen LogP contribution in [-0.2, 0) is 11.3 Å². The SMILES string of the molecule is CCCCN(C(=O)/C=C/c1cccc([N+](=O)[O-])c1)c1c(N)n(CCC)c(=O)[nH]c1=O. The largest absolute Gasteiger partial charge is 0.383 e. The van der Waals surface area contributed by atoms with E-state index in [-0.39, 0.29) is 23.7 Å². The first-order valence-electron chi connectivity index (χ1n) is 9.66. The standard InChI is InChI=1S/C20H25N5O5/c1-3-5-12-23(17-18(21)24(11-4-2)20(28)22-19(17)27)16(26)10-9-14-7-6-8-15(13-14)25(29)30/h6-10,13H,3-5,11-12,21H2,1-2H3,(H,22,27,28)/b10-9+. The highest BCUT2D eigenvalue weighted by molar-refractivity contribution is 6.05. The van der Waals surface area contributed by atoms with Crippen molar-refractivity contribution < 1.29 is 9.72 Å². The van der Waals surface area contributed by atoms with Crippen LogP contribution in [0.2, 0.25) is 0 Å². The summed E-state index contributed by atoms with van der Waals surface area (Å²) in [6, 6.07) is 5.82. The molecule has 10 nitrogen and oxygen atoms in total. The molecule has 0 fully saturated rings. The van der Waals surface area contributed by atoms with Gasteiger partial charge in [-0.15, -0.1) is 0 Å². The Hall–Kier alpha value is -3.69. The third kappa shape index (κ3) is 5.22. The number of non-ortho nitro benzene ring substituents is 1. The van der Waals surface area contributed by atoms with E-state index in [2.05, 4.69) is 4.98 Å². The van der Waals surface area contributed by atoms with Crippen molar-refractivity contribution >= 4 is 29.2 Å². The van der Waals surface area contributed by atoms with Gasteiger partial charge in [0.2, 0.25) is 0 Å². The lowest BCUT2D eigenvalue weighted by molar-refractivity contribution is -0.384. The van der Waals surface area contributed by atoms with E-state index in [1.54, 1.807) is 6.07 Å². The Morgan fingerprint density at radius 3 is 2.67 bits per heavy atom. The molecule has 0 saturated heterocycles. The molecule has 3 N–H and O–H groups in total. The van der Waals surface area contributed by atoms with Crippen molar-refractivity contribution in [3.8, 4) is 0 Å². The minimum Gasteiger partial charge on any atom is -0.383 e. The number of H-pyrrole nitrogens is 1. The molecular formula is C20H25N5O5. The third-order valence-electron chi connectivity index (χ3n) is 4.43. The van der Waals surface area contributed by atoms with Crippen LogP contribution in [0.5, 0.6) is 0 Å². The summed E-state index contributed by atoms with van der Waals surface area (Å²) in [6.45, 7) is 4.33. The molecule has 0 spiro atoms. The average Bonchev–Trinajstić information content (AvgIpc) is 2.71. The highest BCUT2D eigenvalue weighted by atomic mass is 16.6. The lowest BCUT2D eigenvalue weighted by atomic mass is 10.2. The maximum atomic E-state index is 12.9. The number of nitrogens with one attached hydrogen (secondary N) is 1. The first kappa shape index (κ1) is 22.6. The topological polar surface area (TPSA) is 144 Å². The number of carbonyl (C=O) groups is 1. The molecule has 1 heterocycles. The molecule has 0 unspecified atom stereocenters. The number of anilines is 2. The molecule has 2 rings (SSSR count). The maximum Gasteiger partial charge on any atom is 0.330 e. The quantitative estimate of drug-likeness (QED) is 0.365. The minimum absolute atomic E-state index is 0.0706. The fourth-order valence-corrected chi connectivity index (χ4v) is 2.93. The van der Waals surface area contributed by atoms with Crippen LogP contribution >= 0.6 is 0 Å². The molecule has 0 bridgehead atoms. The van der Waals surface area contributed by atoms with Crippen molar-refractivity contribution in [2.45, 2.75) is 39.7 Å². The summed E-state index contributed by atoms with van der Waals surface area (Å²) in [5.74, 6) is -0.590. The molecule has 2 aromatic rings. The monoisotopic (exact) mass is 415 g/mol. The molecule has 1 amide bonds. The van der Waals surface area contributed by atoms with Crippen LogP contribution in [0.4, 0.5) is 17.2 Å². The normalized spacial score (nSPS) is 11.0. The van der Waals surface area contributed by atoms with Crippen LogP contribution < -0.4 is 21.9 Å². The first-order chi connectivity index (χ1) is 14.3. The van der Waals surface area contributed by atoms with Crippen LogP contribution in [0, 0.1) is 10.1 Å². The zero-order valence-electron chi connectivity index (χ0n) is 17.0. The molecule has 0 aliphatic heterocycles. The lowest BCUT2D eigenvalue weighted by Gasteiger charge is -2.23. The number of carbonyl (C=O) groups excluding carboxylic acids is 1. The number of nitro benzene ring substituents is 1. The number of nitro groups is 1. The van der Waals surface area contributed by atoms with E-state index in [9.17, 15) is 24.5 Å². The van der Waals surface area contributed by atoms with E-state index in [0.29, 0.717) is 24.9 Å². The number of amides is 1. The molecule has 0 aliphatic carbocycles. The molecule has 30 heavy (non-hydrogen) atoms. The van der Waals surface area contributed by atoms with Gasteiger partial charge in [-0.3, -0.25) is 29.3 Å². The number of nitrogens with two attached hydrogens (primary N) is 1. The maximum absolute atomic E-state index is 12.9. The third-order valence-corrected chi connectivity index (χ3v) is 4.43. The summed E-state index contributed by atoms with van der Waals surface area (Å²) in [4.78, 5) is 51.3. The molecule has 10 heteroatoms. The predicted molar refractivity (Wildman–Crippen MR) is 115 cm³/mol. The number of aromatic nitrogens is 2. The van der Waals surface area contributed by atoms with Gasteiger partial charge in [0.05, 0.1) is 4.92 Å². The molecule has 0 radical (unpaired) electrons. The number of unbranched alkanes of at least 4 members (excludes halogenated alkanes) is 1. The summed E-state index contributed by atoms with van der Waals surface area (Å²) in [5, 5.41) is 10.9. The van der Waals surface area contributed by atoms with Crippen LogP contribution in [-0.4, -0.2) is 26.9 Å². The van der Waals surface area contributed by atoms with E-state index in [1.807, 2.05) is 13.8 Å². The smallest absolute Gasteiger partial charge is 0.330 e. The minimum atomic E-state index is -0.738. The molecule has 160 valence electrons. The lowest BCUT2D eigenvalue weighted by Crippen LogP contribution is -2.41. The van der Waals surface area contributed by atoms with Gasteiger partial charge in [0.25, 0.3) is 17.2 Å². The van der Waals surface area contributed by atoms with E-state index < -0.39 is 22.1 Å². The Labute approximate surface area is 172 Å². The van der Waals surface area contributed by atoms with E-state index in [1.165, 1.54) is 39.8 Å². The van der Waals surface area contributed by atoms with Gasteiger partial charge in [0.1, 0.15) is 5.82 Å². The summed E-state index contributed by atoms with van der Waals surface area (Å²) >= 11 is 0. The second kappa shape index (κ2) is 10.2. The van der Waals surface area contributed by atoms with Crippen molar-refractivity contribution in [1.29, 1.82) is 0 Å². The fourth-order valence-electron chi connectivity index (χ4n) is 2.93. The molecular weight excluding hydrogens is 390 g/mol. The van der Waals surface area contributed by atoms with Crippen molar-refractivity contribution in [1.82, 2.24) is 9.55 Å². The van der Waals surface area contributed by atoms with Gasteiger partial charge < -0.3 is 10.6 Å². The Kier molecular flexibility index (Phi) is 7.68. The van der Waals surface area contributed by atoms with Crippen LogP contribution in [0.15, 0.2) is 39.9 Å². The van der Waals surface area contributed by atoms with Crippen LogP contribution in [0.25, 0.3) is 6.08 Å². The van der Waals surface area contributed by atoms with Gasteiger partial charge >= 0.3 is 5.69 Å². The summed E-state index contributed by atoms with van der Waals surface area (Å²) in [5.41, 5.74) is 5.02. The molecule has 0 aliphatic rings. The second-order valence-electron chi connectivity index (χ2n) is 6.67. The number of nitrogen functional groups attached to an aromatic ring is 1. The predicted octanol–water partition coefficient (Wildman–Crippen LogP) is 2.28. The van der Waals surface area contributed by atoms with Gasteiger partial charge in [0, 0.05) is 31.3 Å². The number of nitrogens with zero attached hydrogens (tertiary/aromatic N) is 3. The summed E-state index contributed by atoms with van der Waals surface area (Å²) in [7, 11) is 0. The molecule has 1 aromatic heterocycles. The number of aromatic amines is 1. The highest BCUT2D eigenvalue weighted by Crippen LogP contribution is 2.19. The summed E-state index contributed by atoms with van der Waals surface area (Å²) < 4.78 is 1.23. The van der Waals surface area contributed by atoms with Crippen molar-refractivity contribution in [3.05, 3.63) is 66.9 Å². The van der Waals surface area contributed by atoms with E-state index in [0.717, 1.165) is 6.42 Å².